The second-order valence-electron chi connectivity index (χ2n) is 4.03. The van der Waals surface area contributed by atoms with Crippen molar-refractivity contribution in [2.75, 3.05) is 6.54 Å². The number of nitrogens with one attached hydrogen (secondary N) is 1. The molecule has 0 aromatic rings. The van der Waals surface area contributed by atoms with E-state index in [1.807, 2.05) is 0 Å². The summed E-state index contributed by atoms with van der Waals surface area (Å²) in [5.74, 6) is -0.977. The number of halogens is 3. The fourth-order valence-electron chi connectivity index (χ4n) is 1.95. The van der Waals surface area contributed by atoms with E-state index in [4.69, 9.17) is 5.73 Å². The summed E-state index contributed by atoms with van der Waals surface area (Å²) in [5, 5.41) is 2.41. The molecule has 0 aromatic heterocycles. The molecule has 1 aliphatic rings. The van der Waals surface area contributed by atoms with Crippen molar-refractivity contribution in [2.45, 2.75) is 43.8 Å². The predicted molar refractivity (Wildman–Crippen MR) is 49.1 cm³/mol. The maximum atomic E-state index is 11.9. The average Bonchev–Trinajstić information content (AvgIpc) is 2.50. The molecular weight excluding hydrogens is 209 g/mol. The zero-order chi connectivity index (χ0) is 11.5. The van der Waals surface area contributed by atoms with Crippen molar-refractivity contribution in [1.29, 1.82) is 0 Å². The highest BCUT2D eigenvalue weighted by Crippen LogP contribution is 2.29. The molecule has 0 radical (unpaired) electrons. The maximum Gasteiger partial charge on any atom is 0.397 e. The molecule has 3 nitrogen and oxygen atoms in total. The molecule has 1 amide bonds. The van der Waals surface area contributed by atoms with Crippen molar-refractivity contribution in [1.82, 2.24) is 5.32 Å². The molecular formula is C9H15F3N2O. The topological polar surface area (TPSA) is 55.1 Å². The van der Waals surface area contributed by atoms with E-state index in [1.165, 1.54) is 0 Å². The van der Waals surface area contributed by atoms with Crippen LogP contribution < -0.4 is 11.1 Å². The predicted octanol–water partition coefficient (Wildman–Crippen LogP) is 1.33. The zero-order valence-corrected chi connectivity index (χ0v) is 8.36. The van der Waals surface area contributed by atoms with Crippen LogP contribution in [0.15, 0.2) is 0 Å². The van der Waals surface area contributed by atoms with Gasteiger partial charge in [0.25, 0.3) is 0 Å². The second kappa shape index (κ2) is 4.38. The van der Waals surface area contributed by atoms with Crippen LogP contribution in [0.25, 0.3) is 0 Å². The molecule has 1 fully saturated rings. The Bertz CT molecular complexity index is 234. The summed E-state index contributed by atoms with van der Waals surface area (Å²) in [6.45, 7) is 0.205. The van der Waals surface area contributed by atoms with E-state index in [0.29, 0.717) is 12.8 Å². The van der Waals surface area contributed by atoms with Crippen LogP contribution >= 0.6 is 0 Å². The quantitative estimate of drug-likeness (QED) is 0.759. The summed E-state index contributed by atoms with van der Waals surface area (Å²) in [5.41, 5.74) is 4.89. The van der Waals surface area contributed by atoms with Crippen molar-refractivity contribution < 1.29 is 18.0 Å². The van der Waals surface area contributed by atoms with Crippen LogP contribution in [-0.2, 0) is 4.79 Å². The van der Waals surface area contributed by atoms with E-state index >= 15 is 0 Å². The average molecular weight is 224 g/mol. The maximum absolute atomic E-state index is 11.9. The van der Waals surface area contributed by atoms with Gasteiger partial charge in [-0.3, -0.25) is 4.79 Å². The summed E-state index contributed by atoms with van der Waals surface area (Å²) in [4.78, 5) is 11.1. The molecule has 15 heavy (non-hydrogen) atoms. The smallest absolute Gasteiger partial charge is 0.349 e. The minimum absolute atomic E-state index is 0.205. The third-order valence-corrected chi connectivity index (χ3v) is 2.72. The second-order valence-corrected chi connectivity index (χ2v) is 4.03. The van der Waals surface area contributed by atoms with E-state index < -0.39 is 24.0 Å². The standard InChI is InChI=1S/C9H15F3N2O/c10-9(11,12)5-7(15)14-8(6-13)3-1-2-4-8/h1-6,13H2,(H,14,15). The van der Waals surface area contributed by atoms with Gasteiger partial charge in [-0.05, 0) is 12.8 Å². The number of hydrogen-bond acceptors (Lipinski definition) is 2. The lowest BCUT2D eigenvalue weighted by Crippen LogP contribution is -2.52. The summed E-state index contributed by atoms with van der Waals surface area (Å²) in [6, 6.07) is 0. The molecule has 3 N–H and O–H groups in total. The molecule has 0 bridgehead atoms. The third kappa shape index (κ3) is 3.70. The van der Waals surface area contributed by atoms with Crippen LogP contribution in [0.4, 0.5) is 13.2 Å². The van der Waals surface area contributed by atoms with Gasteiger partial charge in [-0.1, -0.05) is 12.8 Å². The highest BCUT2D eigenvalue weighted by Gasteiger charge is 2.37. The van der Waals surface area contributed by atoms with Crippen LogP contribution in [0, 0.1) is 0 Å². The molecule has 0 heterocycles. The monoisotopic (exact) mass is 224 g/mol. The van der Waals surface area contributed by atoms with Gasteiger partial charge in [0.1, 0.15) is 6.42 Å². The van der Waals surface area contributed by atoms with Gasteiger partial charge in [-0.25, -0.2) is 0 Å². The molecule has 0 spiro atoms. The number of amides is 1. The number of nitrogens with two attached hydrogens (primary N) is 1. The van der Waals surface area contributed by atoms with Crippen molar-refractivity contribution in [3.63, 3.8) is 0 Å². The van der Waals surface area contributed by atoms with Crippen molar-refractivity contribution in [2.24, 2.45) is 5.73 Å². The fraction of sp³-hybridized carbons (Fsp3) is 0.889. The van der Waals surface area contributed by atoms with E-state index in [0.717, 1.165) is 12.8 Å². The van der Waals surface area contributed by atoms with Gasteiger partial charge in [0, 0.05) is 6.54 Å². The Morgan fingerprint density at radius 1 is 1.33 bits per heavy atom. The largest absolute Gasteiger partial charge is 0.397 e. The lowest BCUT2D eigenvalue weighted by atomic mass is 9.97. The minimum atomic E-state index is -4.45. The Kier molecular flexibility index (Phi) is 3.59. The first kappa shape index (κ1) is 12.3. The Balaban J connectivity index is 2.49. The number of hydrogen-bond donors (Lipinski definition) is 2. The van der Waals surface area contributed by atoms with Crippen LogP contribution in [0.3, 0.4) is 0 Å². The molecule has 0 saturated heterocycles. The first-order valence-electron chi connectivity index (χ1n) is 4.95. The van der Waals surface area contributed by atoms with Crippen molar-refractivity contribution in [3.05, 3.63) is 0 Å². The number of rotatable bonds is 3. The van der Waals surface area contributed by atoms with Gasteiger partial charge in [-0.15, -0.1) is 0 Å². The van der Waals surface area contributed by atoms with Crippen molar-refractivity contribution >= 4 is 5.91 Å². The summed E-state index contributed by atoms with van der Waals surface area (Å²) >= 11 is 0. The van der Waals surface area contributed by atoms with Gasteiger partial charge in [-0.2, -0.15) is 13.2 Å². The molecule has 1 rings (SSSR count). The highest BCUT2D eigenvalue weighted by atomic mass is 19.4. The van der Waals surface area contributed by atoms with Crippen LogP contribution in [0.5, 0.6) is 0 Å². The van der Waals surface area contributed by atoms with Gasteiger partial charge >= 0.3 is 6.18 Å². The molecule has 1 aliphatic carbocycles. The Morgan fingerprint density at radius 3 is 2.27 bits per heavy atom. The molecule has 1 saturated carbocycles. The van der Waals surface area contributed by atoms with E-state index in [9.17, 15) is 18.0 Å². The van der Waals surface area contributed by atoms with Crippen LogP contribution in [0.2, 0.25) is 0 Å². The summed E-state index contributed by atoms with van der Waals surface area (Å²) in [7, 11) is 0. The Hall–Kier alpha value is -0.780. The molecule has 88 valence electrons. The van der Waals surface area contributed by atoms with Crippen LogP contribution in [-0.4, -0.2) is 24.2 Å². The van der Waals surface area contributed by atoms with Crippen molar-refractivity contribution in [3.8, 4) is 0 Å². The Morgan fingerprint density at radius 2 is 1.87 bits per heavy atom. The first-order chi connectivity index (χ1) is 6.87. The lowest BCUT2D eigenvalue weighted by Gasteiger charge is -2.28. The van der Waals surface area contributed by atoms with E-state index in [2.05, 4.69) is 5.32 Å². The normalized spacial score (nSPS) is 20.3. The van der Waals surface area contributed by atoms with Gasteiger partial charge in [0.2, 0.25) is 5.91 Å². The molecule has 0 aliphatic heterocycles. The van der Waals surface area contributed by atoms with Gasteiger partial charge in [0.15, 0.2) is 0 Å². The number of alkyl halides is 3. The third-order valence-electron chi connectivity index (χ3n) is 2.72. The molecule has 6 heteroatoms. The fourth-order valence-corrected chi connectivity index (χ4v) is 1.95. The number of carbonyl (C=O) groups excluding carboxylic acids is 1. The van der Waals surface area contributed by atoms with Gasteiger partial charge < -0.3 is 11.1 Å². The summed E-state index contributed by atoms with van der Waals surface area (Å²) in [6.07, 6.45) is -2.71. The summed E-state index contributed by atoms with van der Waals surface area (Å²) < 4.78 is 35.7. The van der Waals surface area contributed by atoms with Gasteiger partial charge in [0.05, 0.1) is 5.54 Å². The SMILES string of the molecule is NCC1(NC(=O)CC(F)(F)F)CCCC1. The zero-order valence-electron chi connectivity index (χ0n) is 8.36. The number of carbonyl (C=O) groups is 1. The first-order valence-corrected chi connectivity index (χ1v) is 4.95. The van der Waals surface area contributed by atoms with E-state index in [-0.39, 0.29) is 6.54 Å². The minimum Gasteiger partial charge on any atom is -0.349 e. The Labute approximate surface area is 86.2 Å². The van der Waals surface area contributed by atoms with E-state index in [1.54, 1.807) is 0 Å². The molecule has 0 unspecified atom stereocenters. The highest BCUT2D eigenvalue weighted by molar-refractivity contribution is 5.77. The molecule has 0 atom stereocenters. The molecule has 0 aromatic carbocycles. The van der Waals surface area contributed by atoms with Crippen LogP contribution in [0.1, 0.15) is 32.1 Å². The lowest BCUT2D eigenvalue weighted by molar-refractivity contribution is -0.155.